The average molecular weight is 288 g/mol. The van der Waals surface area contributed by atoms with Crippen molar-refractivity contribution < 1.29 is 4.52 Å². The Bertz CT molecular complexity index is 454. The molecule has 0 aromatic carbocycles. The van der Waals surface area contributed by atoms with E-state index in [1.54, 1.807) is 11.3 Å². The third kappa shape index (κ3) is 2.27. The summed E-state index contributed by atoms with van der Waals surface area (Å²) in [7, 11) is 0. The highest BCUT2D eigenvalue weighted by atomic mass is 79.9. The van der Waals surface area contributed by atoms with E-state index in [0.29, 0.717) is 11.7 Å². The smallest absolute Gasteiger partial charge is 0.226 e. The van der Waals surface area contributed by atoms with Crippen LogP contribution in [-0.4, -0.2) is 10.1 Å². The SMILES string of the molecule is CCc1nc(C(N)c2cc(Br)cs2)no1. The molecule has 0 aliphatic carbocycles. The lowest BCUT2D eigenvalue weighted by atomic mass is 10.2. The second-order valence-corrected chi connectivity index (χ2v) is 4.90. The summed E-state index contributed by atoms with van der Waals surface area (Å²) in [5.41, 5.74) is 6.00. The highest BCUT2D eigenvalue weighted by Gasteiger charge is 2.17. The fourth-order valence-electron chi connectivity index (χ4n) is 1.16. The van der Waals surface area contributed by atoms with Crippen LogP contribution in [0.3, 0.4) is 0 Å². The maximum atomic E-state index is 6.00. The van der Waals surface area contributed by atoms with Gasteiger partial charge in [-0.25, -0.2) is 0 Å². The van der Waals surface area contributed by atoms with Crippen molar-refractivity contribution in [2.24, 2.45) is 5.73 Å². The van der Waals surface area contributed by atoms with Crippen molar-refractivity contribution in [2.75, 3.05) is 0 Å². The number of hydrogen-bond donors (Lipinski definition) is 1. The molecule has 2 aromatic rings. The highest BCUT2D eigenvalue weighted by molar-refractivity contribution is 9.10. The summed E-state index contributed by atoms with van der Waals surface area (Å²) >= 11 is 4.96. The lowest BCUT2D eigenvalue weighted by molar-refractivity contribution is 0.375. The van der Waals surface area contributed by atoms with Crippen LogP contribution < -0.4 is 5.73 Å². The van der Waals surface area contributed by atoms with Crippen LogP contribution in [0.2, 0.25) is 0 Å². The van der Waals surface area contributed by atoms with Gasteiger partial charge in [0.2, 0.25) is 5.89 Å². The third-order valence-electron chi connectivity index (χ3n) is 1.96. The fraction of sp³-hybridized carbons (Fsp3) is 0.333. The van der Waals surface area contributed by atoms with Gasteiger partial charge in [-0.05, 0) is 22.0 Å². The molecular weight excluding hydrogens is 278 g/mol. The molecule has 15 heavy (non-hydrogen) atoms. The molecule has 0 bridgehead atoms. The first-order valence-electron chi connectivity index (χ1n) is 4.52. The Morgan fingerprint density at radius 3 is 3.00 bits per heavy atom. The van der Waals surface area contributed by atoms with Crippen LogP contribution >= 0.6 is 27.3 Å². The fourth-order valence-corrected chi connectivity index (χ4v) is 2.60. The first-order chi connectivity index (χ1) is 7.20. The Labute approximate surface area is 99.6 Å². The van der Waals surface area contributed by atoms with Crippen LogP contribution in [0.5, 0.6) is 0 Å². The van der Waals surface area contributed by atoms with Gasteiger partial charge in [-0.3, -0.25) is 0 Å². The van der Waals surface area contributed by atoms with Crippen LogP contribution in [0, 0.1) is 0 Å². The maximum Gasteiger partial charge on any atom is 0.226 e. The molecule has 0 spiro atoms. The molecule has 0 saturated heterocycles. The summed E-state index contributed by atoms with van der Waals surface area (Å²) in [6, 6.07) is 1.67. The zero-order valence-electron chi connectivity index (χ0n) is 8.11. The van der Waals surface area contributed by atoms with Gasteiger partial charge in [-0.15, -0.1) is 11.3 Å². The van der Waals surface area contributed by atoms with E-state index >= 15 is 0 Å². The van der Waals surface area contributed by atoms with E-state index in [9.17, 15) is 0 Å². The summed E-state index contributed by atoms with van der Waals surface area (Å²) < 4.78 is 6.04. The second-order valence-electron chi connectivity index (χ2n) is 3.04. The topological polar surface area (TPSA) is 64.9 Å². The molecule has 2 N–H and O–H groups in total. The van der Waals surface area contributed by atoms with Gasteiger partial charge in [0.05, 0.1) is 0 Å². The first kappa shape index (κ1) is 10.8. The van der Waals surface area contributed by atoms with Gasteiger partial charge >= 0.3 is 0 Å². The standard InChI is InChI=1S/C9H10BrN3OS/c1-2-7-12-9(13-14-7)8(11)6-3-5(10)4-15-6/h3-4,8H,2,11H2,1H3. The van der Waals surface area contributed by atoms with Gasteiger partial charge in [0.15, 0.2) is 5.82 Å². The van der Waals surface area contributed by atoms with Crippen molar-refractivity contribution in [1.29, 1.82) is 0 Å². The molecule has 1 unspecified atom stereocenters. The molecule has 2 rings (SSSR count). The number of nitrogens with zero attached hydrogens (tertiary/aromatic N) is 2. The van der Waals surface area contributed by atoms with Crippen molar-refractivity contribution in [3.63, 3.8) is 0 Å². The molecule has 0 amide bonds. The van der Waals surface area contributed by atoms with E-state index in [1.807, 2.05) is 18.4 Å². The lowest BCUT2D eigenvalue weighted by Crippen LogP contribution is -2.12. The molecule has 80 valence electrons. The number of nitrogens with two attached hydrogens (primary N) is 1. The van der Waals surface area contributed by atoms with Gasteiger partial charge in [0, 0.05) is 21.2 Å². The van der Waals surface area contributed by atoms with Crippen LogP contribution in [-0.2, 0) is 6.42 Å². The monoisotopic (exact) mass is 287 g/mol. The minimum absolute atomic E-state index is 0.301. The zero-order valence-corrected chi connectivity index (χ0v) is 10.5. The average Bonchev–Trinajstić information content (AvgIpc) is 2.84. The Balaban J connectivity index is 2.23. The molecule has 2 heterocycles. The van der Waals surface area contributed by atoms with E-state index < -0.39 is 0 Å². The van der Waals surface area contributed by atoms with Crippen LogP contribution in [0.25, 0.3) is 0 Å². The van der Waals surface area contributed by atoms with E-state index in [1.165, 1.54) is 0 Å². The Kier molecular flexibility index (Phi) is 3.18. The van der Waals surface area contributed by atoms with Gasteiger partial charge in [0.25, 0.3) is 0 Å². The van der Waals surface area contributed by atoms with Crippen molar-refractivity contribution in [1.82, 2.24) is 10.1 Å². The van der Waals surface area contributed by atoms with E-state index in [-0.39, 0.29) is 6.04 Å². The Hall–Kier alpha value is -0.720. The number of aromatic nitrogens is 2. The van der Waals surface area contributed by atoms with Crippen LogP contribution in [0.1, 0.15) is 29.6 Å². The molecule has 0 aliphatic heterocycles. The second kappa shape index (κ2) is 4.42. The molecule has 0 aliphatic rings. The maximum absolute atomic E-state index is 6.00. The largest absolute Gasteiger partial charge is 0.339 e. The molecule has 6 heteroatoms. The minimum atomic E-state index is -0.301. The minimum Gasteiger partial charge on any atom is -0.339 e. The molecule has 1 atom stereocenters. The zero-order chi connectivity index (χ0) is 10.8. The normalized spacial score (nSPS) is 13.0. The summed E-state index contributed by atoms with van der Waals surface area (Å²) in [5, 5.41) is 5.83. The summed E-state index contributed by atoms with van der Waals surface area (Å²) in [5.74, 6) is 1.16. The number of thiophene rings is 1. The van der Waals surface area contributed by atoms with Crippen molar-refractivity contribution in [3.8, 4) is 0 Å². The first-order valence-corrected chi connectivity index (χ1v) is 6.20. The van der Waals surface area contributed by atoms with Crippen LogP contribution in [0.4, 0.5) is 0 Å². The third-order valence-corrected chi connectivity index (χ3v) is 3.74. The molecule has 4 nitrogen and oxygen atoms in total. The van der Waals surface area contributed by atoms with Crippen LogP contribution in [0.15, 0.2) is 20.4 Å². The molecule has 0 radical (unpaired) electrons. The van der Waals surface area contributed by atoms with Crippen molar-refractivity contribution in [2.45, 2.75) is 19.4 Å². The van der Waals surface area contributed by atoms with E-state index in [4.69, 9.17) is 10.3 Å². The number of rotatable bonds is 3. The highest BCUT2D eigenvalue weighted by Crippen LogP contribution is 2.27. The van der Waals surface area contributed by atoms with Gasteiger partial charge < -0.3 is 10.3 Å². The molecule has 0 fully saturated rings. The quantitative estimate of drug-likeness (QED) is 0.942. The van der Waals surface area contributed by atoms with E-state index in [0.717, 1.165) is 15.8 Å². The van der Waals surface area contributed by atoms with E-state index in [2.05, 4.69) is 26.1 Å². The number of hydrogen-bond acceptors (Lipinski definition) is 5. The Morgan fingerprint density at radius 2 is 2.47 bits per heavy atom. The molecular formula is C9H10BrN3OS. The summed E-state index contributed by atoms with van der Waals surface area (Å²) in [6.07, 6.45) is 0.730. The lowest BCUT2D eigenvalue weighted by Gasteiger charge is -2.01. The number of halogens is 1. The van der Waals surface area contributed by atoms with Crippen molar-refractivity contribution in [3.05, 3.63) is 32.5 Å². The summed E-state index contributed by atoms with van der Waals surface area (Å²) in [4.78, 5) is 5.22. The van der Waals surface area contributed by atoms with Gasteiger partial charge in [-0.1, -0.05) is 12.1 Å². The van der Waals surface area contributed by atoms with Gasteiger partial charge in [-0.2, -0.15) is 4.98 Å². The number of aryl methyl sites for hydroxylation is 1. The molecule has 0 saturated carbocycles. The van der Waals surface area contributed by atoms with Gasteiger partial charge in [0.1, 0.15) is 6.04 Å². The summed E-state index contributed by atoms with van der Waals surface area (Å²) in [6.45, 7) is 1.96. The predicted molar refractivity (Wildman–Crippen MR) is 61.7 cm³/mol. The Morgan fingerprint density at radius 1 is 1.67 bits per heavy atom. The molecule has 2 aromatic heterocycles. The van der Waals surface area contributed by atoms with Crippen molar-refractivity contribution >= 4 is 27.3 Å². The predicted octanol–water partition coefficient (Wildman–Crippen LogP) is 2.50.